The second-order valence-corrected chi connectivity index (χ2v) is 13.5. The predicted molar refractivity (Wildman–Crippen MR) is 217 cm³/mol. The van der Waals surface area contributed by atoms with Crippen molar-refractivity contribution >= 4 is 46.8 Å². The molecule has 0 atom stereocenters. The molecule has 0 spiro atoms. The fourth-order valence-corrected chi connectivity index (χ4v) is 6.37. The molecule has 2 aromatic carbocycles. The fourth-order valence-electron chi connectivity index (χ4n) is 6.37. The van der Waals surface area contributed by atoms with Gasteiger partial charge < -0.3 is 20.5 Å². The van der Waals surface area contributed by atoms with Crippen LogP contribution in [0, 0.1) is 13.8 Å². The van der Waals surface area contributed by atoms with Gasteiger partial charge in [-0.15, -0.1) is 0 Å². The number of rotatable bonds is 12. The molecule has 0 unspecified atom stereocenters. The van der Waals surface area contributed by atoms with Gasteiger partial charge in [0.25, 0.3) is 0 Å². The van der Waals surface area contributed by atoms with Gasteiger partial charge in [0.05, 0.1) is 66.2 Å². The molecule has 0 saturated carbocycles. The molecule has 59 heavy (non-hydrogen) atoms. The highest BCUT2D eigenvalue weighted by Gasteiger charge is 2.27. The van der Waals surface area contributed by atoms with Crippen LogP contribution in [0.5, 0.6) is 0 Å². The third kappa shape index (κ3) is 10.9. The van der Waals surface area contributed by atoms with Crippen LogP contribution in [0.25, 0.3) is 46.0 Å². The van der Waals surface area contributed by atoms with E-state index in [4.69, 9.17) is 4.74 Å². The van der Waals surface area contributed by atoms with Gasteiger partial charge in [-0.2, -0.15) is 26.3 Å². The first-order valence-corrected chi connectivity index (χ1v) is 18.4. The average molecular weight is 821 g/mol. The van der Waals surface area contributed by atoms with Crippen molar-refractivity contribution in [3.8, 4) is 22.5 Å². The first-order valence-electron chi connectivity index (χ1n) is 18.4. The normalized spacial score (nSPS) is 12.0. The molecule has 0 fully saturated rings. The first kappa shape index (κ1) is 43.5. The standard InChI is InChI=1S/C22H22F3N3O2.C21H20F3N3O2/c1-4-5-15-11-18(26-9-8-22(23,24)25)20-27-12-19(28(20)13-15)16-6-7-17(14(2)10-16)21(29)30-3;1-3-4-14-10-17(25-8-7-21(22,23)24)19-26-11-18(27(19)12-14)15-5-6-16(20(28)29)13(2)9-15/h4-7,10-13,26H,8-9H2,1-3H3;3-6,9-12,25H,7-8H2,1-2H3,(H,28,29)/b5-4+;4-3+. The molecule has 0 radical (unpaired) electrons. The van der Waals surface area contributed by atoms with Crippen molar-refractivity contribution in [1.29, 1.82) is 0 Å². The molecule has 0 aliphatic heterocycles. The van der Waals surface area contributed by atoms with E-state index in [1.807, 2.05) is 67.9 Å². The molecule has 16 heteroatoms. The molecule has 0 bridgehead atoms. The number of carbonyl (C=O) groups is 2. The molecule has 4 heterocycles. The Labute approximate surface area is 335 Å². The highest BCUT2D eigenvalue weighted by Crippen LogP contribution is 2.31. The number of nitrogens with zero attached hydrogens (tertiary/aromatic N) is 4. The van der Waals surface area contributed by atoms with Crippen LogP contribution in [0.2, 0.25) is 0 Å². The van der Waals surface area contributed by atoms with Gasteiger partial charge >= 0.3 is 24.3 Å². The molecule has 6 aromatic rings. The summed E-state index contributed by atoms with van der Waals surface area (Å²) in [6.07, 6.45) is 4.04. The van der Waals surface area contributed by atoms with Crippen molar-refractivity contribution in [2.75, 3.05) is 30.8 Å². The number of imidazole rings is 2. The van der Waals surface area contributed by atoms with Crippen molar-refractivity contribution in [3.05, 3.63) is 119 Å². The number of aromatic carboxylic acids is 1. The zero-order chi connectivity index (χ0) is 43.1. The Hall–Kier alpha value is -6.58. The number of anilines is 2. The minimum atomic E-state index is -4.24. The second-order valence-electron chi connectivity index (χ2n) is 13.5. The summed E-state index contributed by atoms with van der Waals surface area (Å²) in [5, 5.41) is 14.9. The molecule has 10 nitrogen and oxygen atoms in total. The minimum absolute atomic E-state index is 0.215. The monoisotopic (exact) mass is 820 g/mol. The Morgan fingerprint density at radius 2 is 1.14 bits per heavy atom. The highest BCUT2D eigenvalue weighted by molar-refractivity contribution is 5.92. The molecule has 0 saturated heterocycles. The van der Waals surface area contributed by atoms with E-state index in [0.717, 1.165) is 33.5 Å². The molecule has 0 amide bonds. The van der Waals surface area contributed by atoms with E-state index in [1.165, 1.54) is 13.2 Å². The number of pyridine rings is 2. The summed E-state index contributed by atoms with van der Waals surface area (Å²) in [6, 6.07) is 13.8. The van der Waals surface area contributed by atoms with Crippen molar-refractivity contribution in [3.63, 3.8) is 0 Å². The summed E-state index contributed by atoms with van der Waals surface area (Å²) in [6.45, 7) is 6.75. The molecular formula is C43H42F6N6O4. The van der Waals surface area contributed by atoms with E-state index in [-0.39, 0.29) is 18.7 Å². The number of halogens is 6. The lowest BCUT2D eigenvalue weighted by Crippen LogP contribution is -2.15. The van der Waals surface area contributed by atoms with Crippen molar-refractivity contribution in [1.82, 2.24) is 18.8 Å². The molecule has 3 N–H and O–H groups in total. The Bertz CT molecular complexity index is 2530. The maximum atomic E-state index is 12.5. The van der Waals surface area contributed by atoms with Gasteiger partial charge in [-0.3, -0.25) is 8.80 Å². The van der Waals surface area contributed by atoms with E-state index in [2.05, 4.69) is 20.6 Å². The van der Waals surface area contributed by atoms with Crippen LogP contribution >= 0.6 is 0 Å². The van der Waals surface area contributed by atoms with E-state index < -0.39 is 37.1 Å². The third-order valence-corrected chi connectivity index (χ3v) is 9.10. The van der Waals surface area contributed by atoms with Gasteiger partial charge in [0.2, 0.25) is 0 Å². The number of alkyl halides is 6. The number of hydrogen-bond donors (Lipinski definition) is 3. The number of carboxylic acids is 1. The number of allylic oxidation sites excluding steroid dienone is 2. The second kappa shape index (κ2) is 18.3. The van der Waals surface area contributed by atoms with Gasteiger partial charge in [-0.1, -0.05) is 36.4 Å². The number of fused-ring (bicyclic) bond motifs is 2. The summed E-state index contributed by atoms with van der Waals surface area (Å²) in [5.41, 5.74) is 8.76. The number of nitrogens with one attached hydrogen (secondary N) is 2. The SMILES string of the molecule is C/C=C/c1cc(NCCC(F)(F)F)c2ncc(-c3ccc(C(=O)O)c(C)c3)n2c1.C/C=C/c1cc(NCCC(F)(F)F)c2ncc(-c3ccc(C(=O)OC)c(C)c3)n2c1. The number of aryl methyl sites for hydroxylation is 2. The molecule has 0 aliphatic rings. The Kier molecular flexibility index (Phi) is 13.5. The number of benzene rings is 2. The first-order chi connectivity index (χ1) is 27.9. The van der Waals surface area contributed by atoms with Crippen LogP contribution in [0.1, 0.15) is 69.7 Å². The predicted octanol–water partition coefficient (Wildman–Crippen LogP) is 10.9. The third-order valence-electron chi connectivity index (χ3n) is 9.10. The molecular weight excluding hydrogens is 778 g/mol. The van der Waals surface area contributed by atoms with Crippen molar-refractivity contribution < 1.29 is 45.8 Å². The Morgan fingerprint density at radius 1 is 0.712 bits per heavy atom. The maximum Gasteiger partial charge on any atom is 0.390 e. The fraction of sp³-hybridized carbons (Fsp3) is 0.256. The smallest absolute Gasteiger partial charge is 0.390 e. The van der Waals surface area contributed by atoms with E-state index in [0.29, 0.717) is 39.5 Å². The zero-order valence-electron chi connectivity index (χ0n) is 32.8. The number of carboxylic acid groups (broad SMARTS) is 1. The number of hydrogen-bond acceptors (Lipinski definition) is 7. The van der Waals surface area contributed by atoms with Crippen LogP contribution in [0.15, 0.2) is 85.5 Å². The Balaban J connectivity index is 0.000000224. The van der Waals surface area contributed by atoms with Gasteiger partial charge in [0.15, 0.2) is 11.3 Å². The number of aromatic nitrogens is 4. The van der Waals surface area contributed by atoms with Gasteiger partial charge in [0, 0.05) is 36.6 Å². The lowest BCUT2D eigenvalue weighted by Gasteiger charge is -2.12. The summed E-state index contributed by atoms with van der Waals surface area (Å²) < 4.78 is 83.6. The van der Waals surface area contributed by atoms with E-state index in [1.54, 1.807) is 60.1 Å². The van der Waals surface area contributed by atoms with E-state index in [9.17, 15) is 41.0 Å². The lowest BCUT2D eigenvalue weighted by atomic mass is 10.0. The summed E-state index contributed by atoms with van der Waals surface area (Å²) in [5.74, 6) is -1.41. The Morgan fingerprint density at radius 3 is 1.49 bits per heavy atom. The highest BCUT2D eigenvalue weighted by atomic mass is 19.4. The van der Waals surface area contributed by atoms with Gasteiger partial charge in [0.1, 0.15) is 0 Å². The van der Waals surface area contributed by atoms with Crippen molar-refractivity contribution in [2.24, 2.45) is 0 Å². The largest absolute Gasteiger partial charge is 0.478 e. The number of carbonyl (C=O) groups excluding carboxylic acids is 1. The molecule has 4 aromatic heterocycles. The van der Waals surface area contributed by atoms with Crippen LogP contribution in [-0.4, -0.2) is 68.4 Å². The summed E-state index contributed by atoms with van der Waals surface area (Å²) >= 11 is 0. The molecule has 310 valence electrons. The maximum absolute atomic E-state index is 12.5. The van der Waals surface area contributed by atoms with Crippen molar-refractivity contribution in [2.45, 2.75) is 52.9 Å². The van der Waals surface area contributed by atoms with Gasteiger partial charge in [-0.05, 0) is 86.3 Å². The van der Waals surface area contributed by atoms with Gasteiger partial charge in [-0.25, -0.2) is 19.6 Å². The van der Waals surface area contributed by atoms with E-state index >= 15 is 0 Å². The van der Waals surface area contributed by atoms with Crippen LogP contribution in [0.3, 0.4) is 0 Å². The number of ether oxygens (including phenoxy) is 1. The topological polar surface area (TPSA) is 122 Å². The average Bonchev–Trinajstić information content (AvgIpc) is 3.79. The lowest BCUT2D eigenvalue weighted by molar-refractivity contribution is -0.132. The molecule has 0 aliphatic carbocycles. The van der Waals surface area contributed by atoms with Crippen LogP contribution < -0.4 is 10.6 Å². The number of esters is 1. The van der Waals surface area contributed by atoms with Crippen LogP contribution in [-0.2, 0) is 4.74 Å². The summed E-state index contributed by atoms with van der Waals surface area (Å²) in [4.78, 5) is 31.9. The quantitative estimate of drug-likeness (QED) is 0.0824. The summed E-state index contributed by atoms with van der Waals surface area (Å²) in [7, 11) is 1.33. The number of methoxy groups -OCH3 is 1. The zero-order valence-corrected chi connectivity index (χ0v) is 32.8. The minimum Gasteiger partial charge on any atom is -0.478 e. The van der Waals surface area contributed by atoms with Crippen LogP contribution in [0.4, 0.5) is 37.7 Å². The molecule has 6 rings (SSSR count).